The molecule has 4 rings (SSSR count). The Labute approximate surface area is 197 Å². The lowest BCUT2D eigenvalue weighted by Crippen LogP contribution is -2.42. The molecule has 1 aromatic heterocycles. The van der Waals surface area contributed by atoms with E-state index in [1.165, 1.54) is 11.1 Å². The van der Waals surface area contributed by atoms with Crippen molar-refractivity contribution in [2.24, 2.45) is 0 Å². The molecule has 0 fully saturated rings. The van der Waals surface area contributed by atoms with Gasteiger partial charge < -0.3 is 10.0 Å². The third-order valence-electron chi connectivity index (χ3n) is 5.81. The highest BCUT2D eigenvalue weighted by Gasteiger charge is 2.29. The second kappa shape index (κ2) is 9.00. The smallest absolute Gasteiger partial charge is 0.136 e. The Hall–Kier alpha value is -1.76. The van der Waals surface area contributed by atoms with Gasteiger partial charge in [0.1, 0.15) is 11.5 Å². The average Bonchev–Trinajstić information content (AvgIpc) is 3.02. The van der Waals surface area contributed by atoms with Crippen LogP contribution >= 0.6 is 34.8 Å². The zero-order chi connectivity index (χ0) is 22.3. The molecule has 0 aliphatic carbocycles. The van der Waals surface area contributed by atoms with Crippen LogP contribution in [-0.4, -0.2) is 46.5 Å². The SMILES string of the molecule is Cc1nn(-c2c(Cl)cc(Cl)cc2Cl)c(N(C)C)c1CN1Cc2ccccc2CC1CO. The molecular weight excluding hydrogens is 455 g/mol. The number of aryl methyl sites for hydroxylation is 1. The summed E-state index contributed by atoms with van der Waals surface area (Å²) in [5.41, 5.74) is 5.17. The van der Waals surface area contributed by atoms with Crippen molar-refractivity contribution in [3.8, 4) is 5.69 Å². The maximum Gasteiger partial charge on any atom is 0.136 e. The maximum atomic E-state index is 10.1. The number of benzene rings is 2. The van der Waals surface area contributed by atoms with Crippen molar-refractivity contribution >= 4 is 40.6 Å². The summed E-state index contributed by atoms with van der Waals surface area (Å²) in [6, 6.07) is 11.8. The quantitative estimate of drug-likeness (QED) is 0.551. The van der Waals surface area contributed by atoms with E-state index in [0.29, 0.717) is 27.3 Å². The molecule has 0 radical (unpaired) electrons. The molecule has 2 aromatic carbocycles. The van der Waals surface area contributed by atoms with Crippen LogP contribution in [0.3, 0.4) is 0 Å². The highest BCUT2D eigenvalue weighted by Crippen LogP contribution is 2.37. The topological polar surface area (TPSA) is 44.5 Å². The molecular formula is C23H25Cl3N4O. The third-order valence-corrected chi connectivity index (χ3v) is 6.60. The molecule has 0 saturated carbocycles. The van der Waals surface area contributed by atoms with E-state index in [9.17, 15) is 5.11 Å². The van der Waals surface area contributed by atoms with Crippen LogP contribution in [0.25, 0.3) is 5.69 Å². The summed E-state index contributed by atoms with van der Waals surface area (Å²) >= 11 is 19.1. The van der Waals surface area contributed by atoms with Crippen molar-refractivity contribution in [2.75, 3.05) is 25.6 Å². The lowest BCUT2D eigenvalue weighted by atomic mass is 9.94. The van der Waals surface area contributed by atoms with Crippen LogP contribution in [0.2, 0.25) is 15.1 Å². The second-order valence-electron chi connectivity index (χ2n) is 8.13. The number of anilines is 1. The highest BCUT2D eigenvalue weighted by molar-refractivity contribution is 6.40. The summed E-state index contributed by atoms with van der Waals surface area (Å²) < 4.78 is 1.79. The fraction of sp³-hybridized carbons (Fsp3) is 0.348. The van der Waals surface area contributed by atoms with Crippen molar-refractivity contribution in [1.29, 1.82) is 0 Å². The van der Waals surface area contributed by atoms with Gasteiger partial charge in [-0.2, -0.15) is 5.10 Å². The third kappa shape index (κ3) is 4.30. The van der Waals surface area contributed by atoms with Gasteiger partial charge in [0.15, 0.2) is 0 Å². The van der Waals surface area contributed by atoms with E-state index in [1.807, 2.05) is 25.9 Å². The van der Waals surface area contributed by atoms with Crippen molar-refractivity contribution in [3.63, 3.8) is 0 Å². The number of aromatic nitrogens is 2. The zero-order valence-electron chi connectivity index (χ0n) is 17.7. The first-order chi connectivity index (χ1) is 14.8. The van der Waals surface area contributed by atoms with Crippen LogP contribution < -0.4 is 4.90 Å². The van der Waals surface area contributed by atoms with Crippen LogP contribution in [0.1, 0.15) is 22.4 Å². The Kier molecular flexibility index (Phi) is 6.52. The maximum absolute atomic E-state index is 10.1. The fourth-order valence-corrected chi connectivity index (χ4v) is 5.27. The van der Waals surface area contributed by atoms with Gasteiger partial charge in [-0.3, -0.25) is 4.90 Å². The molecule has 1 aliphatic rings. The first-order valence-electron chi connectivity index (χ1n) is 10.1. The van der Waals surface area contributed by atoms with Gasteiger partial charge in [0.05, 0.1) is 22.3 Å². The molecule has 3 aromatic rings. The molecule has 8 heteroatoms. The van der Waals surface area contributed by atoms with Crippen LogP contribution in [0.15, 0.2) is 36.4 Å². The Bertz CT molecular complexity index is 1090. The predicted molar refractivity (Wildman–Crippen MR) is 128 cm³/mol. The highest BCUT2D eigenvalue weighted by atomic mass is 35.5. The molecule has 1 atom stereocenters. The normalized spacial score (nSPS) is 16.4. The van der Waals surface area contributed by atoms with Crippen LogP contribution in [0, 0.1) is 6.92 Å². The average molecular weight is 480 g/mol. The molecule has 0 spiro atoms. The zero-order valence-corrected chi connectivity index (χ0v) is 20.0. The van der Waals surface area contributed by atoms with E-state index in [0.717, 1.165) is 30.0 Å². The lowest BCUT2D eigenvalue weighted by Gasteiger charge is -2.36. The van der Waals surface area contributed by atoms with Crippen molar-refractivity contribution in [1.82, 2.24) is 14.7 Å². The Morgan fingerprint density at radius 3 is 2.35 bits per heavy atom. The van der Waals surface area contributed by atoms with Gasteiger partial charge in [-0.25, -0.2) is 4.68 Å². The van der Waals surface area contributed by atoms with E-state index in [-0.39, 0.29) is 12.6 Å². The summed E-state index contributed by atoms with van der Waals surface area (Å²) in [4.78, 5) is 4.33. The fourth-order valence-electron chi connectivity index (χ4n) is 4.29. The van der Waals surface area contributed by atoms with E-state index in [4.69, 9.17) is 39.9 Å². The summed E-state index contributed by atoms with van der Waals surface area (Å²) in [7, 11) is 3.95. The Morgan fingerprint density at radius 2 is 1.74 bits per heavy atom. The minimum atomic E-state index is 0.0513. The lowest BCUT2D eigenvalue weighted by molar-refractivity contribution is 0.0996. The number of hydrogen-bond acceptors (Lipinski definition) is 4. The molecule has 31 heavy (non-hydrogen) atoms. The molecule has 0 amide bonds. The van der Waals surface area contributed by atoms with Crippen molar-refractivity contribution in [3.05, 3.63) is 73.9 Å². The summed E-state index contributed by atoms with van der Waals surface area (Å²) in [5.74, 6) is 0.902. The second-order valence-corrected chi connectivity index (χ2v) is 9.38. The van der Waals surface area contributed by atoms with Gasteiger partial charge in [0, 0.05) is 43.8 Å². The minimum Gasteiger partial charge on any atom is -0.395 e. The number of hydrogen-bond donors (Lipinski definition) is 1. The van der Waals surface area contributed by atoms with Crippen molar-refractivity contribution in [2.45, 2.75) is 32.5 Å². The van der Waals surface area contributed by atoms with E-state index in [1.54, 1.807) is 16.8 Å². The number of aliphatic hydroxyl groups is 1. The number of halogens is 3. The molecule has 1 unspecified atom stereocenters. The first kappa shape index (κ1) is 22.4. The van der Waals surface area contributed by atoms with Crippen LogP contribution in [-0.2, 0) is 19.5 Å². The molecule has 1 aliphatic heterocycles. The van der Waals surface area contributed by atoms with Crippen LogP contribution in [0.4, 0.5) is 5.82 Å². The van der Waals surface area contributed by atoms with Gasteiger partial charge in [-0.15, -0.1) is 0 Å². The van der Waals surface area contributed by atoms with Gasteiger partial charge in [0.2, 0.25) is 0 Å². The molecule has 164 valence electrons. The first-order valence-corrected chi connectivity index (χ1v) is 11.3. The van der Waals surface area contributed by atoms with Gasteiger partial charge in [0.25, 0.3) is 0 Å². The van der Waals surface area contributed by atoms with Gasteiger partial charge in [-0.1, -0.05) is 59.1 Å². The number of rotatable bonds is 5. The number of aliphatic hydroxyl groups excluding tert-OH is 1. The standard InChI is InChI=1S/C23H25Cl3N4O/c1-14-19(12-29-11-16-7-5-4-6-15(16)8-18(29)13-31)23(28(2)3)30(27-14)22-20(25)9-17(24)10-21(22)26/h4-7,9-10,18,31H,8,11-13H2,1-3H3. The van der Waals surface area contributed by atoms with Gasteiger partial charge >= 0.3 is 0 Å². The summed E-state index contributed by atoms with van der Waals surface area (Å²) in [5, 5.41) is 16.2. The van der Waals surface area contributed by atoms with Gasteiger partial charge in [-0.05, 0) is 36.6 Å². The molecule has 0 saturated heterocycles. The van der Waals surface area contributed by atoms with Crippen LogP contribution in [0.5, 0.6) is 0 Å². The molecule has 2 heterocycles. The molecule has 0 bridgehead atoms. The molecule has 5 nitrogen and oxygen atoms in total. The van der Waals surface area contributed by atoms with E-state index in [2.05, 4.69) is 29.2 Å². The Balaban J connectivity index is 1.77. The molecule has 1 N–H and O–H groups in total. The monoisotopic (exact) mass is 478 g/mol. The Morgan fingerprint density at radius 1 is 1.10 bits per heavy atom. The number of fused-ring (bicyclic) bond motifs is 1. The van der Waals surface area contributed by atoms with E-state index < -0.39 is 0 Å². The number of nitrogens with zero attached hydrogens (tertiary/aromatic N) is 4. The summed E-state index contributed by atoms with van der Waals surface area (Å²) in [6.45, 7) is 3.53. The minimum absolute atomic E-state index is 0.0513. The summed E-state index contributed by atoms with van der Waals surface area (Å²) in [6.07, 6.45) is 0.825. The van der Waals surface area contributed by atoms with E-state index >= 15 is 0 Å². The largest absolute Gasteiger partial charge is 0.395 e. The predicted octanol–water partition coefficient (Wildman–Crippen LogP) is 5.13. The van der Waals surface area contributed by atoms with Crippen molar-refractivity contribution < 1.29 is 5.11 Å².